The summed E-state index contributed by atoms with van der Waals surface area (Å²) in [7, 11) is 0. The molecule has 0 bridgehead atoms. The van der Waals surface area contributed by atoms with Gasteiger partial charge < -0.3 is 15.1 Å². The quantitative estimate of drug-likeness (QED) is 0.899. The molecule has 2 heterocycles. The van der Waals surface area contributed by atoms with E-state index in [0.717, 1.165) is 44.7 Å². The number of likely N-dealkylation sites (tertiary alicyclic amines) is 2. The van der Waals surface area contributed by atoms with Crippen LogP contribution in [0.15, 0.2) is 60.7 Å². The van der Waals surface area contributed by atoms with Crippen LogP contribution in [0.5, 0.6) is 0 Å². The van der Waals surface area contributed by atoms with Crippen LogP contribution in [0.1, 0.15) is 23.2 Å². The molecule has 0 unspecified atom stereocenters. The molecule has 26 heavy (non-hydrogen) atoms. The highest BCUT2D eigenvalue weighted by Crippen LogP contribution is 2.23. The van der Waals surface area contributed by atoms with E-state index in [9.17, 15) is 4.79 Å². The normalized spacial score (nSPS) is 23.3. The lowest BCUT2D eigenvalue weighted by molar-refractivity contribution is 0.0784. The van der Waals surface area contributed by atoms with E-state index in [4.69, 9.17) is 0 Å². The summed E-state index contributed by atoms with van der Waals surface area (Å²) in [6.45, 7) is 5.12. The molecule has 2 aromatic carbocycles. The number of amides is 1. The molecule has 2 saturated heterocycles. The van der Waals surface area contributed by atoms with Gasteiger partial charge in [0.2, 0.25) is 0 Å². The number of hydrogen-bond donors (Lipinski definition) is 1. The van der Waals surface area contributed by atoms with Crippen LogP contribution in [0.2, 0.25) is 0 Å². The van der Waals surface area contributed by atoms with Crippen molar-refractivity contribution in [1.29, 1.82) is 0 Å². The number of benzene rings is 2. The Morgan fingerprint density at radius 3 is 2.42 bits per heavy atom. The molecule has 0 spiro atoms. The molecule has 2 atom stereocenters. The van der Waals surface area contributed by atoms with E-state index in [2.05, 4.69) is 40.5 Å². The van der Waals surface area contributed by atoms with Crippen molar-refractivity contribution in [3.63, 3.8) is 0 Å². The predicted octanol–water partition coefficient (Wildman–Crippen LogP) is 3.34. The number of para-hydroxylation sites is 1. The fraction of sp³-hybridized carbons (Fsp3) is 0.409. The molecule has 2 aromatic rings. The topological polar surface area (TPSA) is 35.6 Å². The Morgan fingerprint density at radius 2 is 1.65 bits per heavy atom. The first kappa shape index (κ1) is 17.1. The van der Waals surface area contributed by atoms with Crippen LogP contribution in [0.3, 0.4) is 0 Å². The molecule has 4 heteroatoms. The SMILES string of the molecule is O=C(c1ccccc1)N1CC[C@@H](CN2CC[C@H](Nc3ccccc3)C2)C1. The van der Waals surface area contributed by atoms with E-state index in [0.29, 0.717) is 12.0 Å². The maximum Gasteiger partial charge on any atom is 0.253 e. The lowest BCUT2D eigenvalue weighted by Crippen LogP contribution is -2.33. The lowest BCUT2D eigenvalue weighted by atomic mass is 10.1. The molecule has 4 rings (SSSR count). The summed E-state index contributed by atoms with van der Waals surface area (Å²) >= 11 is 0. The van der Waals surface area contributed by atoms with Gasteiger partial charge in [-0.25, -0.2) is 0 Å². The molecular formula is C22H27N3O. The van der Waals surface area contributed by atoms with Crippen molar-refractivity contribution in [2.75, 3.05) is 38.0 Å². The Balaban J connectivity index is 1.25. The zero-order valence-electron chi connectivity index (χ0n) is 15.2. The van der Waals surface area contributed by atoms with Gasteiger partial charge in [-0.15, -0.1) is 0 Å². The highest BCUT2D eigenvalue weighted by Gasteiger charge is 2.30. The van der Waals surface area contributed by atoms with Gasteiger partial charge in [-0.2, -0.15) is 0 Å². The molecule has 0 aliphatic carbocycles. The van der Waals surface area contributed by atoms with Gasteiger partial charge in [-0.1, -0.05) is 36.4 Å². The van der Waals surface area contributed by atoms with Crippen molar-refractivity contribution >= 4 is 11.6 Å². The summed E-state index contributed by atoms with van der Waals surface area (Å²) in [6.07, 6.45) is 2.31. The highest BCUT2D eigenvalue weighted by atomic mass is 16.2. The minimum atomic E-state index is 0.179. The fourth-order valence-corrected chi connectivity index (χ4v) is 4.18. The summed E-state index contributed by atoms with van der Waals surface area (Å²) in [5.41, 5.74) is 2.02. The van der Waals surface area contributed by atoms with E-state index in [1.54, 1.807) is 0 Å². The number of nitrogens with one attached hydrogen (secondary N) is 1. The molecular weight excluding hydrogens is 322 g/mol. The second kappa shape index (κ2) is 7.92. The van der Waals surface area contributed by atoms with Crippen LogP contribution in [0.4, 0.5) is 5.69 Å². The number of anilines is 1. The van der Waals surface area contributed by atoms with Gasteiger partial charge in [0.05, 0.1) is 0 Å². The smallest absolute Gasteiger partial charge is 0.253 e. The maximum atomic E-state index is 12.6. The Labute approximate surface area is 155 Å². The van der Waals surface area contributed by atoms with Crippen LogP contribution >= 0.6 is 0 Å². The molecule has 4 nitrogen and oxygen atoms in total. The number of rotatable bonds is 5. The van der Waals surface area contributed by atoms with Gasteiger partial charge in [-0.05, 0) is 43.0 Å². The monoisotopic (exact) mass is 349 g/mol. The number of nitrogens with zero attached hydrogens (tertiary/aromatic N) is 2. The van der Waals surface area contributed by atoms with Crippen molar-refractivity contribution in [1.82, 2.24) is 9.80 Å². The van der Waals surface area contributed by atoms with Crippen LogP contribution < -0.4 is 5.32 Å². The van der Waals surface area contributed by atoms with E-state index >= 15 is 0 Å². The van der Waals surface area contributed by atoms with Crippen molar-refractivity contribution in [2.24, 2.45) is 5.92 Å². The van der Waals surface area contributed by atoms with E-state index in [-0.39, 0.29) is 5.91 Å². The molecule has 0 radical (unpaired) electrons. The highest BCUT2D eigenvalue weighted by molar-refractivity contribution is 5.94. The van der Waals surface area contributed by atoms with Crippen LogP contribution in [0, 0.1) is 5.92 Å². The van der Waals surface area contributed by atoms with Crippen LogP contribution in [-0.2, 0) is 0 Å². The van der Waals surface area contributed by atoms with E-state index in [1.165, 1.54) is 12.1 Å². The van der Waals surface area contributed by atoms with Gasteiger partial charge in [-0.3, -0.25) is 4.79 Å². The van der Waals surface area contributed by atoms with Gasteiger partial charge >= 0.3 is 0 Å². The first-order valence-electron chi connectivity index (χ1n) is 9.66. The van der Waals surface area contributed by atoms with Gasteiger partial charge in [0.1, 0.15) is 0 Å². The van der Waals surface area contributed by atoms with Crippen molar-refractivity contribution in [2.45, 2.75) is 18.9 Å². The van der Waals surface area contributed by atoms with Gasteiger partial charge in [0.15, 0.2) is 0 Å². The molecule has 2 aliphatic rings. The Bertz CT molecular complexity index is 719. The Hall–Kier alpha value is -2.33. The summed E-state index contributed by atoms with van der Waals surface area (Å²) in [5, 5.41) is 3.64. The molecule has 0 aromatic heterocycles. The lowest BCUT2D eigenvalue weighted by Gasteiger charge is -2.22. The average molecular weight is 349 g/mol. The second-order valence-corrected chi connectivity index (χ2v) is 7.53. The van der Waals surface area contributed by atoms with Crippen molar-refractivity contribution in [3.8, 4) is 0 Å². The average Bonchev–Trinajstić information content (AvgIpc) is 3.33. The molecule has 1 amide bonds. The minimum Gasteiger partial charge on any atom is -0.381 e. The third-order valence-electron chi connectivity index (χ3n) is 5.53. The predicted molar refractivity (Wildman–Crippen MR) is 105 cm³/mol. The first-order chi connectivity index (χ1) is 12.8. The van der Waals surface area contributed by atoms with E-state index in [1.807, 2.05) is 35.2 Å². The first-order valence-corrected chi connectivity index (χ1v) is 9.66. The zero-order chi connectivity index (χ0) is 17.8. The van der Waals surface area contributed by atoms with E-state index < -0.39 is 0 Å². The molecule has 136 valence electrons. The summed E-state index contributed by atoms with van der Waals surface area (Å²) in [5.74, 6) is 0.774. The number of carbonyl (C=O) groups excluding carboxylic acids is 1. The summed E-state index contributed by atoms with van der Waals surface area (Å²) in [4.78, 5) is 17.2. The number of hydrogen-bond acceptors (Lipinski definition) is 3. The fourth-order valence-electron chi connectivity index (χ4n) is 4.18. The van der Waals surface area contributed by atoms with Gasteiger partial charge in [0.25, 0.3) is 5.91 Å². The van der Waals surface area contributed by atoms with Crippen LogP contribution in [-0.4, -0.2) is 54.5 Å². The van der Waals surface area contributed by atoms with Gasteiger partial charge in [0, 0.05) is 50.0 Å². The van der Waals surface area contributed by atoms with Crippen molar-refractivity contribution in [3.05, 3.63) is 66.2 Å². The summed E-state index contributed by atoms with van der Waals surface area (Å²) < 4.78 is 0. The third-order valence-corrected chi connectivity index (χ3v) is 5.53. The largest absolute Gasteiger partial charge is 0.381 e. The molecule has 2 fully saturated rings. The van der Waals surface area contributed by atoms with Crippen molar-refractivity contribution < 1.29 is 4.79 Å². The Kier molecular flexibility index (Phi) is 5.21. The molecule has 1 N–H and O–H groups in total. The standard InChI is InChI=1S/C22H27N3O/c26-22(19-7-3-1-4-8-19)25-14-11-18(16-25)15-24-13-12-21(17-24)23-20-9-5-2-6-10-20/h1-10,18,21,23H,11-17H2/t18-,21-/m0/s1. The zero-order valence-corrected chi connectivity index (χ0v) is 15.2. The second-order valence-electron chi connectivity index (χ2n) is 7.53. The van der Waals surface area contributed by atoms with Crippen LogP contribution in [0.25, 0.3) is 0 Å². The maximum absolute atomic E-state index is 12.6. The summed E-state index contributed by atoms with van der Waals surface area (Å²) in [6, 6.07) is 20.6. The molecule has 0 saturated carbocycles. The minimum absolute atomic E-state index is 0.179. The Morgan fingerprint density at radius 1 is 0.923 bits per heavy atom. The third kappa shape index (κ3) is 4.07. The molecule has 2 aliphatic heterocycles. The number of carbonyl (C=O) groups is 1.